The molecule has 4 heteroatoms. The third-order valence-electron chi connectivity index (χ3n) is 4.36. The van der Waals surface area contributed by atoms with Gasteiger partial charge in [-0.2, -0.15) is 0 Å². The van der Waals surface area contributed by atoms with E-state index >= 15 is 0 Å². The Balaban J connectivity index is 2.03. The molecule has 0 bridgehead atoms. The number of hydrogen-bond donors (Lipinski definition) is 0. The van der Waals surface area contributed by atoms with Gasteiger partial charge in [-0.1, -0.05) is 48.5 Å². The van der Waals surface area contributed by atoms with Crippen LogP contribution in [0.4, 0.5) is 0 Å². The summed E-state index contributed by atoms with van der Waals surface area (Å²) >= 11 is 0. The van der Waals surface area contributed by atoms with Gasteiger partial charge >= 0.3 is 0 Å². The van der Waals surface area contributed by atoms with Gasteiger partial charge in [-0.3, -0.25) is 14.2 Å². The summed E-state index contributed by atoms with van der Waals surface area (Å²) < 4.78 is 1.55. The molecule has 25 heavy (non-hydrogen) atoms. The van der Waals surface area contributed by atoms with E-state index < -0.39 is 0 Å². The molecule has 0 N–H and O–H groups in total. The molecule has 1 amide bonds. The standard InChI is InChI=1S/C21H22N2O2/c1-15(2)22(13-17-9-5-4-6-10-17)21(25)19-14-23(16(3)24)20-12-8-7-11-18(19)20/h4-12,14-15H,13H2,1-3H3. The van der Waals surface area contributed by atoms with Crippen LogP contribution in [0, 0.1) is 0 Å². The van der Waals surface area contributed by atoms with Gasteiger partial charge in [-0.25, -0.2) is 0 Å². The maximum Gasteiger partial charge on any atom is 0.256 e. The number of carbonyl (C=O) groups excluding carboxylic acids is 2. The molecule has 3 aromatic rings. The summed E-state index contributed by atoms with van der Waals surface area (Å²) in [5.74, 6) is -0.163. The molecular formula is C21H22N2O2. The van der Waals surface area contributed by atoms with Crippen molar-refractivity contribution in [3.05, 3.63) is 71.9 Å². The van der Waals surface area contributed by atoms with Crippen LogP contribution in [0.1, 0.15) is 41.5 Å². The van der Waals surface area contributed by atoms with Crippen molar-refractivity contribution in [2.24, 2.45) is 0 Å². The number of para-hydroxylation sites is 1. The topological polar surface area (TPSA) is 42.3 Å². The van der Waals surface area contributed by atoms with Crippen molar-refractivity contribution in [3.63, 3.8) is 0 Å². The fourth-order valence-corrected chi connectivity index (χ4v) is 3.03. The summed E-state index contributed by atoms with van der Waals surface area (Å²) in [6.45, 7) is 6.05. The minimum Gasteiger partial charge on any atom is -0.332 e. The largest absolute Gasteiger partial charge is 0.332 e. The molecule has 1 heterocycles. The minimum atomic E-state index is -0.102. The number of aromatic nitrogens is 1. The van der Waals surface area contributed by atoms with Gasteiger partial charge in [0.15, 0.2) is 0 Å². The highest BCUT2D eigenvalue weighted by Crippen LogP contribution is 2.24. The third kappa shape index (κ3) is 3.33. The van der Waals surface area contributed by atoms with E-state index in [1.165, 1.54) is 6.92 Å². The first kappa shape index (κ1) is 17.0. The first-order valence-corrected chi connectivity index (χ1v) is 8.45. The van der Waals surface area contributed by atoms with Crippen LogP contribution in [0.5, 0.6) is 0 Å². The normalized spacial score (nSPS) is 11.0. The first-order valence-electron chi connectivity index (χ1n) is 8.45. The fraction of sp³-hybridized carbons (Fsp3) is 0.238. The molecule has 1 aromatic heterocycles. The maximum absolute atomic E-state index is 13.2. The van der Waals surface area contributed by atoms with Gasteiger partial charge in [0.2, 0.25) is 5.91 Å². The van der Waals surface area contributed by atoms with Crippen molar-refractivity contribution >= 4 is 22.7 Å². The number of fused-ring (bicyclic) bond motifs is 1. The molecule has 0 aliphatic heterocycles. The Hall–Kier alpha value is -2.88. The molecule has 0 spiro atoms. The van der Waals surface area contributed by atoms with Crippen LogP contribution >= 0.6 is 0 Å². The van der Waals surface area contributed by atoms with Gasteiger partial charge < -0.3 is 4.90 Å². The van der Waals surface area contributed by atoms with E-state index in [2.05, 4.69) is 0 Å². The number of carbonyl (C=O) groups is 2. The Labute approximate surface area is 147 Å². The van der Waals surface area contributed by atoms with E-state index in [0.29, 0.717) is 12.1 Å². The van der Waals surface area contributed by atoms with Crippen molar-refractivity contribution in [1.82, 2.24) is 9.47 Å². The molecule has 0 fully saturated rings. The number of rotatable bonds is 4. The Morgan fingerprint density at radius 3 is 2.28 bits per heavy atom. The molecule has 3 rings (SSSR count). The van der Waals surface area contributed by atoms with Crippen molar-refractivity contribution in [2.45, 2.75) is 33.4 Å². The van der Waals surface area contributed by atoms with Gasteiger partial charge in [-0.15, -0.1) is 0 Å². The predicted molar refractivity (Wildman–Crippen MR) is 99.7 cm³/mol. The monoisotopic (exact) mass is 334 g/mol. The van der Waals surface area contributed by atoms with E-state index in [9.17, 15) is 9.59 Å². The van der Waals surface area contributed by atoms with Crippen LogP contribution in [0.15, 0.2) is 60.8 Å². The summed E-state index contributed by atoms with van der Waals surface area (Å²) in [5.41, 5.74) is 2.41. The molecule has 0 saturated heterocycles. The summed E-state index contributed by atoms with van der Waals surface area (Å²) in [4.78, 5) is 27.0. The SMILES string of the molecule is CC(=O)n1cc(C(=O)N(Cc2ccccc2)C(C)C)c2ccccc21. The summed E-state index contributed by atoms with van der Waals surface area (Å²) in [5, 5.41) is 0.807. The van der Waals surface area contributed by atoms with Crippen LogP contribution in [-0.4, -0.2) is 27.3 Å². The third-order valence-corrected chi connectivity index (χ3v) is 4.36. The number of nitrogens with zero attached hydrogens (tertiary/aromatic N) is 2. The van der Waals surface area contributed by atoms with Gasteiger partial charge in [0.05, 0.1) is 11.1 Å². The smallest absolute Gasteiger partial charge is 0.256 e. The van der Waals surface area contributed by atoms with Crippen LogP contribution in [0.2, 0.25) is 0 Å². The molecule has 0 aliphatic rings. The molecule has 0 atom stereocenters. The van der Waals surface area contributed by atoms with Crippen LogP contribution in [0.3, 0.4) is 0 Å². The highest BCUT2D eigenvalue weighted by atomic mass is 16.2. The lowest BCUT2D eigenvalue weighted by molar-refractivity contribution is 0.0692. The van der Waals surface area contributed by atoms with Crippen LogP contribution < -0.4 is 0 Å². The summed E-state index contributed by atoms with van der Waals surface area (Å²) in [7, 11) is 0. The van der Waals surface area contributed by atoms with E-state index in [0.717, 1.165) is 16.5 Å². The number of amides is 1. The molecule has 128 valence electrons. The highest BCUT2D eigenvalue weighted by Gasteiger charge is 2.23. The molecule has 0 saturated carbocycles. The first-order chi connectivity index (χ1) is 12.0. The Kier molecular flexibility index (Phi) is 4.70. The van der Waals surface area contributed by atoms with Gasteiger partial charge in [-0.05, 0) is 25.5 Å². The molecule has 0 unspecified atom stereocenters. The summed E-state index contributed by atoms with van der Waals surface area (Å²) in [6, 6.07) is 17.5. The van der Waals surface area contributed by atoms with Crippen molar-refractivity contribution in [2.75, 3.05) is 0 Å². The Morgan fingerprint density at radius 1 is 1.00 bits per heavy atom. The molecule has 0 radical (unpaired) electrons. The predicted octanol–water partition coefficient (Wildman–Crippen LogP) is 4.35. The fourth-order valence-electron chi connectivity index (χ4n) is 3.03. The van der Waals surface area contributed by atoms with Crippen LogP contribution in [-0.2, 0) is 6.54 Å². The van der Waals surface area contributed by atoms with Crippen LogP contribution in [0.25, 0.3) is 10.9 Å². The maximum atomic E-state index is 13.2. The lowest BCUT2D eigenvalue weighted by atomic mass is 10.1. The van der Waals surface area contributed by atoms with Crippen molar-refractivity contribution < 1.29 is 9.59 Å². The van der Waals surface area contributed by atoms with Crippen molar-refractivity contribution in [3.8, 4) is 0 Å². The van der Waals surface area contributed by atoms with Gasteiger partial charge in [0.25, 0.3) is 5.91 Å². The van der Waals surface area contributed by atoms with E-state index in [4.69, 9.17) is 0 Å². The molecule has 0 aliphatic carbocycles. The average molecular weight is 334 g/mol. The second-order valence-corrected chi connectivity index (χ2v) is 6.46. The van der Waals surface area contributed by atoms with Crippen molar-refractivity contribution in [1.29, 1.82) is 0 Å². The van der Waals surface area contributed by atoms with E-state index in [-0.39, 0.29) is 17.9 Å². The van der Waals surface area contributed by atoms with E-state index in [1.807, 2.05) is 73.3 Å². The summed E-state index contributed by atoms with van der Waals surface area (Å²) in [6.07, 6.45) is 1.66. The zero-order chi connectivity index (χ0) is 18.0. The molecule has 2 aromatic carbocycles. The molecule has 4 nitrogen and oxygen atoms in total. The lowest BCUT2D eigenvalue weighted by Crippen LogP contribution is -2.36. The van der Waals surface area contributed by atoms with Gasteiger partial charge in [0, 0.05) is 31.1 Å². The second-order valence-electron chi connectivity index (χ2n) is 6.46. The highest BCUT2D eigenvalue weighted by molar-refractivity contribution is 6.09. The zero-order valence-corrected chi connectivity index (χ0v) is 14.8. The average Bonchev–Trinajstić information content (AvgIpc) is 3.00. The van der Waals surface area contributed by atoms with E-state index in [1.54, 1.807) is 10.8 Å². The second kappa shape index (κ2) is 6.93. The minimum absolute atomic E-state index is 0.0483. The lowest BCUT2D eigenvalue weighted by Gasteiger charge is -2.26. The quantitative estimate of drug-likeness (QED) is 0.712. The number of hydrogen-bond acceptors (Lipinski definition) is 2. The Morgan fingerprint density at radius 2 is 1.64 bits per heavy atom. The van der Waals surface area contributed by atoms with Gasteiger partial charge in [0.1, 0.15) is 0 Å². The zero-order valence-electron chi connectivity index (χ0n) is 14.8. The number of benzene rings is 2. The Bertz CT molecular complexity index is 910. The molecular weight excluding hydrogens is 312 g/mol.